The van der Waals surface area contributed by atoms with Crippen LogP contribution in [0.4, 0.5) is 10.5 Å². The average molecular weight is 292 g/mol. The molecule has 6 heteroatoms. The van der Waals surface area contributed by atoms with Gasteiger partial charge in [0.25, 0.3) is 0 Å². The number of hydrogen-bond acceptors (Lipinski definition) is 4. The van der Waals surface area contributed by atoms with Gasteiger partial charge in [0.05, 0.1) is 5.69 Å². The normalized spacial score (nSPS) is 10.6. The smallest absolute Gasteiger partial charge is 0.409 e. The summed E-state index contributed by atoms with van der Waals surface area (Å²) in [5, 5.41) is 13.9. The molecule has 0 saturated carbocycles. The molecule has 106 valence electrons. The fraction of sp³-hybridized carbons (Fsp3) is 0.286. The highest BCUT2D eigenvalue weighted by Gasteiger charge is 2.06. The SMILES string of the molecule is CC(C)c1csc(COc2cccc(NC(=O)O)c2)n1. The number of nitrogens with one attached hydrogen (secondary N) is 1. The van der Waals surface area contributed by atoms with Crippen molar-refractivity contribution in [3.63, 3.8) is 0 Å². The van der Waals surface area contributed by atoms with Gasteiger partial charge in [-0.05, 0) is 18.1 Å². The Labute approximate surface area is 121 Å². The van der Waals surface area contributed by atoms with Crippen LogP contribution >= 0.6 is 11.3 Å². The molecule has 0 atom stereocenters. The minimum Gasteiger partial charge on any atom is -0.486 e. The second kappa shape index (κ2) is 6.38. The Morgan fingerprint density at radius 1 is 1.50 bits per heavy atom. The molecule has 2 N–H and O–H groups in total. The minimum absolute atomic E-state index is 0.383. The Morgan fingerprint density at radius 3 is 2.95 bits per heavy atom. The van der Waals surface area contributed by atoms with Gasteiger partial charge in [-0.15, -0.1) is 11.3 Å². The van der Waals surface area contributed by atoms with Gasteiger partial charge in [0.1, 0.15) is 17.4 Å². The van der Waals surface area contributed by atoms with Crippen LogP contribution in [0.25, 0.3) is 0 Å². The van der Waals surface area contributed by atoms with E-state index in [1.165, 1.54) is 0 Å². The van der Waals surface area contributed by atoms with Gasteiger partial charge in [0.15, 0.2) is 0 Å². The van der Waals surface area contributed by atoms with Crippen molar-refractivity contribution in [1.29, 1.82) is 0 Å². The third kappa shape index (κ3) is 3.96. The number of thiazole rings is 1. The summed E-state index contributed by atoms with van der Waals surface area (Å²) >= 11 is 1.57. The minimum atomic E-state index is -1.09. The van der Waals surface area contributed by atoms with E-state index in [9.17, 15) is 4.79 Å². The molecule has 0 saturated heterocycles. The van der Waals surface area contributed by atoms with Gasteiger partial charge < -0.3 is 9.84 Å². The molecule has 1 heterocycles. The third-order valence-corrected chi connectivity index (χ3v) is 3.45. The third-order valence-electron chi connectivity index (χ3n) is 2.61. The molecular formula is C14H16N2O3S. The van der Waals surface area contributed by atoms with E-state index in [1.807, 2.05) is 5.38 Å². The average Bonchev–Trinajstić information content (AvgIpc) is 2.85. The van der Waals surface area contributed by atoms with Crippen molar-refractivity contribution >= 4 is 23.1 Å². The number of aromatic nitrogens is 1. The molecule has 0 aliphatic carbocycles. The molecule has 0 unspecified atom stereocenters. The zero-order valence-electron chi connectivity index (χ0n) is 11.3. The zero-order valence-corrected chi connectivity index (χ0v) is 12.1. The molecule has 0 aliphatic rings. The molecule has 0 fully saturated rings. The molecule has 0 bridgehead atoms. The molecule has 1 aromatic carbocycles. The van der Waals surface area contributed by atoms with E-state index in [4.69, 9.17) is 9.84 Å². The van der Waals surface area contributed by atoms with Gasteiger partial charge >= 0.3 is 6.09 Å². The molecule has 1 amide bonds. The lowest BCUT2D eigenvalue weighted by molar-refractivity contribution is 0.209. The van der Waals surface area contributed by atoms with Crippen molar-refractivity contribution in [3.05, 3.63) is 40.3 Å². The highest BCUT2D eigenvalue weighted by atomic mass is 32.1. The lowest BCUT2D eigenvalue weighted by Crippen LogP contribution is -2.07. The molecule has 0 spiro atoms. The van der Waals surface area contributed by atoms with Crippen molar-refractivity contribution in [2.24, 2.45) is 0 Å². The molecule has 2 rings (SSSR count). The van der Waals surface area contributed by atoms with Crippen LogP contribution in [0.5, 0.6) is 5.75 Å². The van der Waals surface area contributed by atoms with Gasteiger partial charge in [0.2, 0.25) is 0 Å². The summed E-state index contributed by atoms with van der Waals surface area (Å²) in [6.07, 6.45) is -1.09. The van der Waals surface area contributed by atoms with Gasteiger partial charge in [-0.2, -0.15) is 0 Å². The monoisotopic (exact) mass is 292 g/mol. The first-order valence-electron chi connectivity index (χ1n) is 6.21. The predicted octanol–water partition coefficient (Wildman–Crippen LogP) is 3.94. The maximum absolute atomic E-state index is 10.6. The molecular weight excluding hydrogens is 276 g/mol. The van der Waals surface area contributed by atoms with Gasteiger partial charge in [0, 0.05) is 17.1 Å². The lowest BCUT2D eigenvalue weighted by Gasteiger charge is -2.06. The summed E-state index contributed by atoms with van der Waals surface area (Å²) < 4.78 is 5.62. The molecule has 20 heavy (non-hydrogen) atoms. The largest absolute Gasteiger partial charge is 0.486 e. The molecule has 2 aromatic rings. The molecule has 5 nitrogen and oxygen atoms in total. The maximum Gasteiger partial charge on any atom is 0.409 e. The van der Waals surface area contributed by atoms with Crippen molar-refractivity contribution < 1.29 is 14.6 Å². The fourth-order valence-corrected chi connectivity index (χ4v) is 2.46. The van der Waals surface area contributed by atoms with E-state index in [2.05, 4.69) is 24.1 Å². The van der Waals surface area contributed by atoms with Crippen LogP contribution in [-0.4, -0.2) is 16.2 Å². The first kappa shape index (κ1) is 14.3. The number of rotatable bonds is 5. The second-order valence-electron chi connectivity index (χ2n) is 4.57. The van der Waals surface area contributed by atoms with Crippen LogP contribution in [0.3, 0.4) is 0 Å². The predicted molar refractivity (Wildman–Crippen MR) is 78.6 cm³/mol. The number of carboxylic acid groups (broad SMARTS) is 1. The zero-order chi connectivity index (χ0) is 14.5. The van der Waals surface area contributed by atoms with E-state index >= 15 is 0 Å². The number of hydrogen-bond donors (Lipinski definition) is 2. The first-order chi connectivity index (χ1) is 9.54. The van der Waals surface area contributed by atoms with Gasteiger partial charge in [-0.3, -0.25) is 5.32 Å². The Hall–Kier alpha value is -2.08. The highest BCUT2D eigenvalue weighted by Crippen LogP contribution is 2.21. The van der Waals surface area contributed by atoms with Crippen molar-refractivity contribution in [2.75, 3.05) is 5.32 Å². The van der Waals surface area contributed by atoms with Crippen molar-refractivity contribution in [3.8, 4) is 5.75 Å². The molecule has 0 aliphatic heterocycles. The molecule has 1 aromatic heterocycles. The Kier molecular flexibility index (Phi) is 4.57. The number of ether oxygens (including phenoxy) is 1. The summed E-state index contributed by atoms with van der Waals surface area (Å²) in [5.74, 6) is 1.01. The number of anilines is 1. The summed E-state index contributed by atoms with van der Waals surface area (Å²) in [7, 11) is 0. The summed E-state index contributed by atoms with van der Waals surface area (Å²) in [6, 6.07) is 6.83. The molecule has 0 radical (unpaired) electrons. The number of benzene rings is 1. The summed E-state index contributed by atoms with van der Waals surface area (Å²) in [5.41, 5.74) is 1.55. The van der Waals surface area contributed by atoms with Crippen LogP contribution in [-0.2, 0) is 6.61 Å². The topological polar surface area (TPSA) is 71.5 Å². The highest BCUT2D eigenvalue weighted by molar-refractivity contribution is 7.09. The van der Waals surface area contributed by atoms with Crippen LogP contribution in [0.15, 0.2) is 29.6 Å². The quantitative estimate of drug-likeness (QED) is 0.875. The Balaban J connectivity index is 1.97. The van der Waals surface area contributed by atoms with E-state index in [0.717, 1.165) is 10.7 Å². The van der Waals surface area contributed by atoms with E-state index in [-0.39, 0.29) is 0 Å². The van der Waals surface area contributed by atoms with Crippen molar-refractivity contribution in [2.45, 2.75) is 26.4 Å². The fourth-order valence-electron chi connectivity index (χ4n) is 1.59. The van der Waals surface area contributed by atoms with Crippen LogP contribution < -0.4 is 10.1 Å². The van der Waals surface area contributed by atoms with E-state index < -0.39 is 6.09 Å². The Bertz CT molecular complexity index is 596. The van der Waals surface area contributed by atoms with Gasteiger partial charge in [-0.25, -0.2) is 9.78 Å². The number of carbonyl (C=O) groups is 1. The van der Waals surface area contributed by atoms with Crippen LogP contribution in [0.1, 0.15) is 30.5 Å². The summed E-state index contributed by atoms with van der Waals surface area (Å²) in [4.78, 5) is 15.0. The van der Waals surface area contributed by atoms with Crippen LogP contribution in [0, 0.1) is 0 Å². The standard InChI is InChI=1S/C14H16N2O3S/c1-9(2)12-8-20-13(16-12)7-19-11-5-3-4-10(6-11)15-14(17)18/h3-6,8-9,15H,7H2,1-2H3,(H,17,18). The van der Waals surface area contributed by atoms with Crippen molar-refractivity contribution in [1.82, 2.24) is 4.98 Å². The summed E-state index contributed by atoms with van der Waals surface area (Å²) in [6.45, 7) is 4.58. The van der Waals surface area contributed by atoms with E-state index in [0.29, 0.717) is 24.0 Å². The maximum atomic E-state index is 10.6. The first-order valence-corrected chi connectivity index (χ1v) is 7.09. The lowest BCUT2D eigenvalue weighted by atomic mass is 10.2. The number of amides is 1. The van der Waals surface area contributed by atoms with E-state index in [1.54, 1.807) is 35.6 Å². The van der Waals surface area contributed by atoms with Crippen LogP contribution in [0.2, 0.25) is 0 Å². The number of nitrogens with zero attached hydrogens (tertiary/aromatic N) is 1. The van der Waals surface area contributed by atoms with Gasteiger partial charge in [-0.1, -0.05) is 19.9 Å². The second-order valence-corrected chi connectivity index (χ2v) is 5.51. The Morgan fingerprint density at radius 2 is 2.30 bits per heavy atom.